The van der Waals surface area contributed by atoms with Crippen LogP contribution in [0.2, 0.25) is 5.02 Å². The molecule has 1 heterocycles. The normalized spacial score (nSPS) is 14.8. The van der Waals surface area contributed by atoms with E-state index < -0.39 is 5.92 Å². The summed E-state index contributed by atoms with van der Waals surface area (Å²) in [6, 6.07) is 5.12. The summed E-state index contributed by atoms with van der Waals surface area (Å²) in [4.78, 5) is 32.2. The van der Waals surface area contributed by atoms with Crippen molar-refractivity contribution in [2.24, 2.45) is 5.92 Å². The van der Waals surface area contributed by atoms with Crippen LogP contribution in [0.15, 0.2) is 41.0 Å². The van der Waals surface area contributed by atoms with Crippen LogP contribution in [0.3, 0.4) is 0 Å². The van der Waals surface area contributed by atoms with Crippen LogP contribution in [0.25, 0.3) is 11.0 Å². The maximum absolute atomic E-state index is 12.8. The SMILES string of the molecule is CC/C=C(\C=C(\Cl)C(C)C(C)=O)C(=O)NC(CC)c1nc2ccc(Cl)cc2[nH]1. The van der Waals surface area contributed by atoms with E-state index in [1.165, 1.54) is 6.92 Å². The van der Waals surface area contributed by atoms with Crippen LogP contribution in [0.1, 0.15) is 52.4 Å². The topological polar surface area (TPSA) is 74.8 Å². The van der Waals surface area contributed by atoms with E-state index in [0.29, 0.717) is 34.3 Å². The van der Waals surface area contributed by atoms with Crippen molar-refractivity contribution in [1.82, 2.24) is 15.3 Å². The number of carbonyl (C=O) groups is 2. The second-order valence-corrected chi connectivity index (χ2v) is 7.52. The molecule has 0 saturated carbocycles. The first-order valence-electron chi connectivity index (χ1n) is 9.30. The number of aromatic amines is 1. The Morgan fingerprint density at radius 2 is 2.04 bits per heavy atom. The highest BCUT2D eigenvalue weighted by atomic mass is 35.5. The van der Waals surface area contributed by atoms with Gasteiger partial charge in [0.2, 0.25) is 0 Å². The number of hydrogen-bond donors (Lipinski definition) is 2. The van der Waals surface area contributed by atoms with E-state index in [2.05, 4.69) is 15.3 Å². The highest BCUT2D eigenvalue weighted by molar-refractivity contribution is 6.32. The van der Waals surface area contributed by atoms with Gasteiger partial charge in [0.1, 0.15) is 11.6 Å². The third-order valence-corrected chi connectivity index (χ3v) is 5.18. The number of halogens is 2. The number of allylic oxidation sites excluding steroid dienone is 2. The number of nitrogens with one attached hydrogen (secondary N) is 2. The van der Waals surface area contributed by atoms with Gasteiger partial charge in [0, 0.05) is 15.6 Å². The zero-order valence-corrected chi connectivity index (χ0v) is 18.0. The molecule has 28 heavy (non-hydrogen) atoms. The molecule has 2 N–H and O–H groups in total. The van der Waals surface area contributed by atoms with Crippen molar-refractivity contribution in [3.05, 3.63) is 51.8 Å². The minimum absolute atomic E-state index is 0.0510. The molecule has 0 aliphatic carbocycles. The Morgan fingerprint density at radius 1 is 1.32 bits per heavy atom. The summed E-state index contributed by atoms with van der Waals surface area (Å²) in [6.07, 6.45) is 4.67. The predicted octanol–water partition coefficient (Wildman–Crippen LogP) is 5.47. The summed E-state index contributed by atoms with van der Waals surface area (Å²) in [5.74, 6) is -0.0982. The molecular weight excluding hydrogens is 397 g/mol. The van der Waals surface area contributed by atoms with Crippen molar-refractivity contribution >= 4 is 45.9 Å². The van der Waals surface area contributed by atoms with E-state index in [9.17, 15) is 9.59 Å². The number of fused-ring (bicyclic) bond motifs is 1. The number of carbonyl (C=O) groups excluding carboxylic acids is 2. The van der Waals surface area contributed by atoms with Crippen molar-refractivity contribution in [3.8, 4) is 0 Å². The van der Waals surface area contributed by atoms with Gasteiger partial charge in [0.05, 0.1) is 23.0 Å². The van der Waals surface area contributed by atoms with Gasteiger partial charge in [-0.3, -0.25) is 9.59 Å². The zero-order chi connectivity index (χ0) is 20.8. The lowest BCUT2D eigenvalue weighted by atomic mass is 10.0. The fourth-order valence-electron chi connectivity index (χ4n) is 2.68. The fraction of sp³-hybridized carbons (Fsp3) is 0.381. The molecule has 2 atom stereocenters. The monoisotopic (exact) mass is 421 g/mol. The van der Waals surface area contributed by atoms with Gasteiger partial charge in [-0.2, -0.15) is 0 Å². The lowest BCUT2D eigenvalue weighted by Gasteiger charge is -2.16. The number of Topliss-reactive ketones (excluding diaryl/α,β-unsaturated/α-hetero) is 1. The molecule has 0 bridgehead atoms. The smallest absolute Gasteiger partial charge is 0.251 e. The maximum atomic E-state index is 12.8. The number of hydrogen-bond acceptors (Lipinski definition) is 3. The molecule has 0 saturated heterocycles. The summed E-state index contributed by atoms with van der Waals surface area (Å²) in [7, 11) is 0. The molecule has 0 spiro atoms. The molecule has 0 aliphatic rings. The highest BCUT2D eigenvalue weighted by Crippen LogP contribution is 2.23. The van der Waals surface area contributed by atoms with Crippen molar-refractivity contribution in [2.75, 3.05) is 0 Å². The molecule has 0 fully saturated rings. The van der Waals surface area contributed by atoms with Gasteiger partial charge in [0.15, 0.2) is 0 Å². The van der Waals surface area contributed by atoms with Crippen molar-refractivity contribution in [2.45, 2.75) is 46.6 Å². The van der Waals surface area contributed by atoms with Crippen molar-refractivity contribution < 1.29 is 9.59 Å². The Kier molecular flexibility index (Phi) is 7.84. The lowest BCUT2D eigenvalue weighted by molar-refractivity contribution is -0.119. The number of nitrogens with zero attached hydrogens (tertiary/aromatic N) is 1. The molecule has 5 nitrogen and oxygen atoms in total. The molecule has 150 valence electrons. The van der Waals surface area contributed by atoms with E-state index in [1.54, 1.807) is 31.2 Å². The molecule has 1 amide bonds. The number of ketones is 1. The summed E-state index contributed by atoms with van der Waals surface area (Å²) < 4.78 is 0. The minimum Gasteiger partial charge on any atom is -0.342 e. The Labute approximate surface area is 175 Å². The van der Waals surface area contributed by atoms with E-state index in [4.69, 9.17) is 23.2 Å². The lowest BCUT2D eigenvalue weighted by Crippen LogP contribution is -2.30. The van der Waals surface area contributed by atoms with Crippen LogP contribution >= 0.6 is 23.2 Å². The number of amides is 1. The van der Waals surface area contributed by atoms with Crippen LogP contribution in [-0.2, 0) is 9.59 Å². The summed E-state index contributed by atoms with van der Waals surface area (Å²) >= 11 is 12.3. The molecule has 0 aliphatic heterocycles. The van der Waals surface area contributed by atoms with Crippen molar-refractivity contribution in [1.29, 1.82) is 0 Å². The quantitative estimate of drug-likeness (QED) is 0.438. The van der Waals surface area contributed by atoms with E-state index in [0.717, 1.165) is 11.0 Å². The molecule has 1 aromatic carbocycles. The first-order valence-corrected chi connectivity index (χ1v) is 10.1. The van der Waals surface area contributed by atoms with Gasteiger partial charge in [-0.1, -0.05) is 50.0 Å². The van der Waals surface area contributed by atoms with Crippen LogP contribution in [0, 0.1) is 5.92 Å². The van der Waals surface area contributed by atoms with Crippen LogP contribution in [0.5, 0.6) is 0 Å². The van der Waals surface area contributed by atoms with E-state index in [-0.39, 0.29) is 17.7 Å². The molecule has 7 heteroatoms. The van der Waals surface area contributed by atoms with E-state index in [1.807, 2.05) is 19.9 Å². The van der Waals surface area contributed by atoms with Gasteiger partial charge in [-0.05, 0) is 44.0 Å². The standard InChI is InChI=1S/C21H25Cl2N3O2/c1-5-7-14(10-16(23)12(3)13(4)27)21(28)26-17(6-2)20-24-18-9-8-15(22)11-19(18)25-20/h7-12,17H,5-6H2,1-4H3,(H,24,25)(H,26,28)/b14-7+,16-10+. The number of H-pyrrole nitrogens is 1. The van der Waals surface area contributed by atoms with Gasteiger partial charge in [-0.15, -0.1) is 0 Å². The largest absolute Gasteiger partial charge is 0.342 e. The Balaban J connectivity index is 2.25. The van der Waals surface area contributed by atoms with Crippen molar-refractivity contribution in [3.63, 3.8) is 0 Å². The molecule has 0 radical (unpaired) electrons. The number of aromatic nitrogens is 2. The van der Waals surface area contributed by atoms with Crippen LogP contribution in [-0.4, -0.2) is 21.7 Å². The summed E-state index contributed by atoms with van der Waals surface area (Å²) in [6.45, 7) is 7.10. The van der Waals surface area contributed by atoms with E-state index >= 15 is 0 Å². The average Bonchev–Trinajstić information content (AvgIpc) is 3.07. The molecule has 2 aromatic rings. The van der Waals surface area contributed by atoms with Gasteiger partial charge >= 0.3 is 0 Å². The number of rotatable bonds is 8. The average molecular weight is 422 g/mol. The number of imidazole rings is 1. The summed E-state index contributed by atoms with van der Waals surface area (Å²) in [5.41, 5.74) is 2.03. The highest BCUT2D eigenvalue weighted by Gasteiger charge is 2.20. The zero-order valence-electron chi connectivity index (χ0n) is 16.5. The van der Waals surface area contributed by atoms with Crippen LogP contribution < -0.4 is 5.32 Å². The van der Waals surface area contributed by atoms with Crippen LogP contribution in [0.4, 0.5) is 0 Å². The maximum Gasteiger partial charge on any atom is 0.251 e. The Hall–Kier alpha value is -2.11. The molecule has 1 aromatic heterocycles. The van der Waals surface area contributed by atoms with Gasteiger partial charge in [-0.25, -0.2) is 4.98 Å². The minimum atomic E-state index is -0.447. The second kappa shape index (κ2) is 9.89. The first kappa shape index (κ1) is 22.2. The first-order chi connectivity index (χ1) is 13.3. The van der Waals surface area contributed by atoms with Gasteiger partial charge in [0.25, 0.3) is 5.91 Å². The fourth-order valence-corrected chi connectivity index (χ4v) is 3.12. The molecule has 2 unspecified atom stereocenters. The third-order valence-electron chi connectivity index (χ3n) is 4.51. The Morgan fingerprint density at radius 3 is 2.64 bits per heavy atom. The van der Waals surface area contributed by atoms with Gasteiger partial charge < -0.3 is 10.3 Å². The predicted molar refractivity (Wildman–Crippen MR) is 114 cm³/mol. The summed E-state index contributed by atoms with van der Waals surface area (Å²) in [5, 5.41) is 3.95. The number of benzene rings is 1. The molecular formula is C21H25Cl2N3O2. The second-order valence-electron chi connectivity index (χ2n) is 6.65. The molecule has 2 rings (SSSR count). The Bertz CT molecular complexity index is 931. The third kappa shape index (κ3) is 5.46.